The Morgan fingerprint density at radius 1 is 1.06 bits per heavy atom. The van der Waals surface area contributed by atoms with Crippen LogP contribution in [-0.4, -0.2) is 23.0 Å². The number of hydrogen-bond acceptors (Lipinski definition) is 6. The molecule has 6 nitrogen and oxygen atoms in total. The van der Waals surface area contributed by atoms with Crippen molar-refractivity contribution in [2.24, 2.45) is 0 Å². The molecule has 0 aliphatic rings. The summed E-state index contributed by atoms with van der Waals surface area (Å²) in [5.74, 6) is 1.11. The number of fused-ring (bicyclic) bond motifs is 1. The van der Waals surface area contributed by atoms with Crippen LogP contribution in [-0.2, 0) is 4.79 Å². The molecule has 2 aromatic carbocycles. The van der Waals surface area contributed by atoms with Crippen molar-refractivity contribution < 1.29 is 9.53 Å². The van der Waals surface area contributed by atoms with Crippen LogP contribution in [0.1, 0.15) is 5.56 Å². The first kappa shape index (κ1) is 21.1. The Labute approximate surface area is 192 Å². The number of thiophene rings is 1. The third-order valence-corrected chi connectivity index (χ3v) is 5.64. The molecule has 1 amide bonds. The van der Waals surface area contributed by atoms with Crippen molar-refractivity contribution in [1.82, 2.24) is 9.97 Å². The predicted molar refractivity (Wildman–Crippen MR) is 128 cm³/mol. The van der Waals surface area contributed by atoms with Gasteiger partial charge in [-0.3, -0.25) is 4.79 Å². The van der Waals surface area contributed by atoms with Gasteiger partial charge in [-0.2, -0.15) is 0 Å². The zero-order valence-electron chi connectivity index (χ0n) is 16.2. The van der Waals surface area contributed by atoms with Crippen LogP contribution in [0.2, 0.25) is 10.0 Å². The maximum atomic E-state index is 12.3. The fraction of sp³-hybridized carbons (Fsp3) is 0.0455. The van der Waals surface area contributed by atoms with Gasteiger partial charge in [-0.1, -0.05) is 46.7 Å². The van der Waals surface area contributed by atoms with E-state index in [0.29, 0.717) is 26.6 Å². The summed E-state index contributed by atoms with van der Waals surface area (Å²) in [6, 6.07) is 14.4. The average Bonchev–Trinajstić information content (AvgIpc) is 3.15. The molecule has 9 heteroatoms. The predicted octanol–water partition coefficient (Wildman–Crippen LogP) is 6.40. The van der Waals surface area contributed by atoms with E-state index in [-0.39, 0.29) is 5.91 Å². The van der Waals surface area contributed by atoms with Gasteiger partial charge in [0.05, 0.1) is 17.5 Å². The normalized spacial score (nSPS) is 11.1. The van der Waals surface area contributed by atoms with Crippen molar-refractivity contribution in [2.75, 3.05) is 17.7 Å². The first-order valence-corrected chi connectivity index (χ1v) is 10.7. The number of benzene rings is 2. The highest BCUT2D eigenvalue weighted by Crippen LogP contribution is 2.34. The smallest absolute Gasteiger partial charge is 0.248 e. The summed E-state index contributed by atoms with van der Waals surface area (Å²) in [5.41, 5.74) is 1.60. The largest absolute Gasteiger partial charge is 0.497 e. The van der Waals surface area contributed by atoms with Gasteiger partial charge in [-0.05, 0) is 48.0 Å². The van der Waals surface area contributed by atoms with E-state index >= 15 is 0 Å². The van der Waals surface area contributed by atoms with Crippen LogP contribution in [0.4, 0.5) is 16.5 Å². The van der Waals surface area contributed by atoms with Crippen LogP contribution in [0, 0.1) is 0 Å². The molecule has 4 aromatic rings. The topological polar surface area (TPSA) is 76.1 Å². The molecule has 4 rings (SSSR count). The first-order valence-electron chi connectivity index (χ1n) is 9.11. The minimum atomic E-state index is -0.244. The van der Waals surface area contributed by atoms with Crippen LogP contribution in [0.5, 0.6) is 5.75 Å². The molecule has 0 saturated carbocycles. The number of nitrogens with zero attached hydrogens (tertiary/aromatic N) is 2. The van der Waals surface area contributed by atoms with Crippen molar-refractivity contribution in [3.05, 3.63) is 76.5 Å². The first-order chi connectivity index (χ1) is 15.0. The van der Waals surface area contributed by atoms with Crippen molar-refractivity contribution in [2.45, 2.75) is 0 Å². The molecule has 0 aliphatic heterocycles. The number of aromatic nitrogens is 2. The van der Waals surface area contributed by atoms with Crippen LogP contribution in [0.25, 0.3) is 16.3 Å². The Morgan fingerprint density at radius 3 is 2.52 bits per heavy atom. The molecule has 0 bridgehead atoms. The molecule has 2 N–H and O–H groups in total. The third-order valence-electron chi connectivity index (χ3n) is 4.24. The number of ether oxygens (including phenoxy) is 1. The molecule has 2 aromatic heterocycles. The van der Waals surface area contributed by atoms with Gasteiger partial charge in [0.15, 0.2) is 0 Å². The average molecular weight is 471 g/mol. The summed E-state index contributed by atoms with van der Waals surface area (Å²) in [7, 11) is 1.61. The van der Waals surface area contributed by atoms with Gasteiger partial charge in [0.1, 0.15) is 22.7 Å². The van der Waals surface area contributed by atoms with Gasteiger partial charge in [0, 0.05) is 21.8 Å². The highest BCUT2D eigenvalue weighted by Gasteiger charge is 2.11. The molecule has 0 fully saturated rings. The van der Waals surface area contributed by atoms with E-state index in [2.05, 4.69) is 20.6 Å². The zero-order valence-corrected chi connectivity index (χ0v) is 18.6. The Balaban J connectivity index is 1.50. The third kappa shape index (κ3) is 5.32. The second kappa shape index (κ2) is 9.34. The van der Waals surface area contributed by atoms with Gasteiger partial charge in [-0.25, -0.2) is 9.97 Å². The van der Waals surface area contributed by atoms with Crippen LogP contribution < -0.4 is 15.4 Å². The monoisotopic (exact) mass is 470 g/mol. The summed E-state index contributed by atoms with van der Waals surface area (Å²) >= 11 is 13.5. The van der Waals surface area contributed by atoms with Crippen molar-refractivity contribution in [3.8, 4) is 5.75 Å². The van der Waals surface area contributed by atoms with Gasteiger partial charge >= 0.3 is 0 Å². The van der Waals surface area contributed by atoms with Gasteiger partial charge < -0.3 is 15.4 Å². The number of methoxy groups -OCH3 is 1. The van der Waals surface area contributed by atoms with Gasteiger partial charge in [0.2, 0.25) is 5.91 Å². The maximum Gasteiger partial charge on any atom is 0.248 e. The molecular formula is C22H16Cl2N4O2S. The number of carbonyl (C=O) groups excluding carboxylic acids is 1. The van der Waals surface area contributed by atoms with E-state index in [1.165, 1.54) is 23.7 Å². The molecule has 0 radical (unpaired) electrons. The second-order valence-corrected chi connectivity index (χ2v) is 8.33. The standard InChI is InChI=1S/C22H16Cl2N4O2S/c1-30-17-5-2-13(3-6-17)4-7-19(29)28-20-11-18-21(25-12-26-22(18)31-20)27-16-9-14(23)8-15(24)10-16/h2-12H,1H3,(H,28,29)(H,25,26,27)/b7-4+. The Hall–Kier alpha value is -3.13. The molecule has 156 valence electrons. The molecule has 0 spiro atoms. The Bertz CT molecular complexity index is 1250. The van der Waals surface area contributed by atoms with E-state index in [4.69, 9.17) is 27.9 Å². The number of halogens is 2. The molecular weight excluding hydrogens is 455 g/mol. The van der Waals surface area contributed by atoms with Gasteiger partial charge in [0.25, 0.3) is 0 Å². The summed E-state index contributed by atoms with van der Waals surface area (Å²) < 4.78 is 5.13. The SMILES string of the molecule is COc1ccc(/C=C/C(=O)Nc2cc3c(Nc4cc(Cl)cc(Cl)c4)ncnc3s2)cc1. The molecule has 0 unspecified atom stereocenters. The lowest BCUT2D eigenvalue weighted by Crippen LogP contribution is -2.05. The van der Waals surface area contributed by atoms with Crippen LogP contribution in [0.15, 0.2) is 60.9 Å². The van der Waals surface area contributed by atoms with Gasteiger partial charge in [-0.15, -0.1) is 0 Å². The van der Waals surface area contributed by atoms with E-state index in [1.54, 1.807) is 31.4 Å². The van der Waals surface area contributed by atoms with E-state index in [1.807, 2.05) is 30.3 Å². The van der Waals surface area contributed by atoms with E-state index in [0.717, 1.165) is 21.5 Å². The fourth-order valence-corrected chi connectivity index (χ4v) is 4.26. The number of anilines is 3. The minimum absolute atomic E-state index is 0.244. The lowest BCUT2D eigenvalue weighted by atomic mass is 10.2. The highest BCUT2D eigenvalue weighted by atomic mass is 35.5. The minimum Gasteiger partial charge on any atom is -0.497 e. The van der Waals surface area contributed by atoms with E-state index in [9.17, 15) is 4.79 Å². The van der Waals surface area contributed by atoms with Crippen molar-refractivity contribution >= 4 is 73.2 Å². The fourth-order valence-electron chi connectivity index (χ4n) is 2.83. The highest BCUT2D eigenvalue weighted by molar-refractivity contribution is 7.22. The molecule has 2 heterocycles. The number of hydrogen-bond donors (Lipinski definition) is 2. The molecule has 0 saturated heterocycles. The van der Waals surface area contributed by atoms with Crippen LogP contribution in [0.3, 0.4) is 0 Å². The molecule has 31 heavy (non-hydrogen) atoms. The molecule has 0 atom stereocenters. The van der Waals surface area contributed by atoms with Crippen molar-refractivity contribution in [1.29, 1.82) is 0 Å². The summed E-state index contributed by atoms with van der Waals surface area (Å²) in [6.45, 7) is 0. The summed E-state index contributed by atoms with van der Waals surface area (Å²) in [4.78, 5) is 21.7. The summed E-state index contributed by atoms with van der Waals surface area (Å²) in [5, 5.41) is 8.53. The zero-order chi connectivity index (χ0) is 21.8. The van der Waals surface area contributed by atoms with E-state index < -0.39 is 0 Å². The maximum absolute atomic E-state index is 12.3. The number of carbonyl (C=O) groups is 1. The Morgan fingerprint density at radius 2 is 1.81 bits per heavy atom. The van der Waals surface area contributed by atoms with Crippen molar-refractivity contribution in [3.63, 3.8) is 0 Å². The number of rotatable bonds is 6. The molecule has 0 aliphatic carbocycles. The number of nitrogens with one attached hydrogen (secondary N) is 2. The summed E-state index contributed by atoms with van der Waals surface area (Å²) in [6.07, 6.45) is 4.67. The van der Waals surface area contributed by atoms with Crippen LogP contribution >= 0.6 is 34.5 Å². The lowest BCUT2D eigenvalue weighted by Gasteiger charge is -2.07. The second-order valence-electron chi connectivity index (χ2n) is 6.43. The number of amides is 1. The Kier molecular flexibility index (Phi) is 6.36. The quantitative estimate of drug-likeness (QED) is 0.318. The lowest BCUT2D eigenvalue weighted by molar-refractivity contribution is -0.111.